The first-order chi connectivity index (χ1) is 21.4. The molecular weight excluding hydrogens is 598 g/mol. The van der Waals surface area contributed by atoms with E-state index in [0.717, 1.165) is 0 Å². The van der Waals surface area contributed by atoms with Gasteiger partial charge in [-0.15, -0.1) is 5.54 Å². The lowest BCUT2D eigenvalue weighted by Crippen LogP contribution is -2.43. The third kappa shape index (κ3) is 5.12. The Morgan fingerprint density at radius 3 is 2.42 bits per heavy atom. The zero-order valence-electron chi connectivity index (χ0n) is 26.3. The van der Waals surface area contributed by atoms with Crippen molar-refractivity contribution < 1.29 is 22.3 Å². The van der Waals surface area contributed by atoms with Crippen molar-refractivity contribution in [3.8, 4) is 22.7 Å². The molecule has 1 aliphatic carbocycles. The molecule has 11 heteroatoms. The number of nitrogens with two attached hydrogens (primary N) is 1. The molecule has 1 saturated heterocycles. The van der Waals surface area contributed by atoms with Crippen LogP contribution in [0.2, 0.25) is 16.6 Å². The lowest BCUT2D eigenvalue weighted by Gasteiger charge is -2.38. The zero-order chi connectivity index (χ0) is 32.4. The number of nitrogens with zero attached hydrogens (tertiary/aromatic N) is 4. The fourth-order valence-corrected chi connectivity index (χ4v) is 12.7. The largest absolute Gasteiger partial charge is 0.399 e. The maximum atomic E-state index is 16.5. The molecule has 2 fully saturated rings. The van der Waals surface area contributed by atoms with Gasteiger partial charge in [0, 0.05) is 35.3 Å². The van der Waals surface area contributed by atoms with Gasteiger partial charge in [-0.1, -0.05) is 53.5 Å². The first-order valence-electron chi connectivity index (χ1n) is 15.4. The number of ether oxygens (including phenoxy) is 1. The summed E-state index contributed by atoms with van der Waals surface area (Å²) in [6.45, 7) is 13.8. The lowest BCUT2D eigenvalue weighted by molar-refractivity contribution is 0.130. The van der Waals surface area contributed by atoms with E-state index in [9.17, 15) is 8.78 Å². The van der Waals surface area contributed by atoms with E-state index in [1.165, 1.54) is 18.3 Å². The van der Waals surface area contributed by atoms with Crippen LogP contribution in [0.25, 0.3) is 32.9 Å². The van der Waals surface area contributed by atoms with E-state index >= 15 is 8.78 Å². The highest BCUT2D eigenvalue weighted by Crippen LogP contribution is 2.45. The summed E-state index contributed by atoms with van der Waals surface area (Å²) in [4.78, 5) is 13.8. The topological polar surface area (TPSA) is 77.2 Å². The Kier molecular flexibility index (Phi) is 8.02. The van der Waals surface area contributed by atoms with E-state index in [4.69, 9.17) is 10.5 Å². The minimum Gasteiger partial charge on any atom is -0.399 e. The first-order valence-corrected chi connectivity index (χ1v) is 17.6. The van der Waals surface area contributed by atoms with Crippen LogP contribution in [-0.2, 0) is 4.74 Å². The normalized spacial score (nSPS) is 20.1. The number of fused-ring (bicyclic) bond motifs is 3. The number of alkyl halides is 1. The van der Waals surface area contributed by atoms with Gasteiger partial charge in [-0.25, -0.2) is 13.2 Å². The highest BCUT2D eigenvalue weighted by atomic mass is 28.3. The number of hydrogen-bond donors (Lipinski definition) is 1. The lowest BCUT2D eigenvalue weighted by atomic mass is 9.95. The summed E-state index contributed by atoms with van der Waals surface area (Å²) >= 11 is 0. The van der Waals surface area contributed by atoms with E-state index in [2.05, 4.69) is 68.0 Å². The van der Waals surface area contributed by atoms with Crippen LogP contribution in [-0.4, -0.2) is 55.0 Å². The Hall–Kier alpha value is -3.75. The van der Waals surface area contributed by atoms with Gasteiger partial charge in [0.25, 0.3) is 0 Å². The third-order valence-electron chi connectivity index (χ3n) is 9.70. The maximum Gasteiger partial charge on any atom is 0.311 e. The van der Waals surface area contributed by atoms with Crippen molar-refractivity contribution in [3.05, 3.63) is 53.7 Å². The quantitative estimate of drug-likeness (QED) is 0.0801. The summed E-state index contributed by atoms with van der Waals surface area (Å²) < 4.78 is 67.2. The number of hydrogen-bond acceptors (Lipinski definition) is 6. The fourth-order valence-electron chi connectivity index (χ4n) is 7.49. The summed E-state index contributed by atoms with van der Waals surface area (Å²) in [5.74, 6) is 1.44. The van der Waals surface area contributed by atoms with Gasteiger partial charge in [0.05, 0.1) is 30.2 Å². The SMILES string of the molecule is CC(C)[Si](C#Cc1c(F)ccc2cc(N)cc(-c3ncc4c(N5CCOC[C@H]6[C@H](F)[C@H]65)nc(F)nc4c3F)c12)(C(C)C)C(C)C. The Morgan fingerprint density at radius 1 is 1.02 bits per heavy atom. The summed E-state index contributed by atoms with van der Waals surface area (Å²) in [7, 11) is -2.26. The molecular formula is C34H37F4N5OSi. The van der Waals surface area contributed by atoms with Gasteiger partial charge in [-0.3, -0.25) is 4.98 Å². The average molecular weight is 636 g/mol. The number of pyridine rings is 1. The molecule has 4 aromatic rings. The van der Waals surface area contributed by atoms with Gasteiger partial charge in [-0.05, 0) is 40.2 Å². The Balaban J connectivity index is 1.58. The van der Waals surface area contributed by atoms with Crippen molar-refractivity contribution >= 4 is 41.3 Å². The Bertz CT molecular complexity index is 1850. The molecule has 2 aliphatic rings. The van der Waals surface area contributed by atoms with Gasteiger partial charge < -0.3 is 15.4 Å². The molecule has 0 radical (unpaired) electrons. The highest BCUT2D eigenvalue weighted by molar-refractivity contribution is 6.90. The zero-order valence-corrected chi connectivity index (χ0v) is 27.3. The van der Waals surface area contributed by atoms with Crippen molar-refractivity contribution in [2.45, 2.75) is 70.4 Å². The Morgan fingerprint density at radius 2 is 1.73 bits per heavy atom. The van der Waals surface area contributed by atoms with Crippen molar-refractivity contribution in [2.24, 2.45) is 5.92 Å². The highest BCUT2D eigenvalue weighted by Gasteiger charge is 2.56. The molecule has 6 rings (SSSR count). The predicted octanol–water partition coefficient (Wildman–Crippen LogP) is 7.59. The number of rotatable bonds is 5. The molecule has 2 aromatic carbocycles. The molecule has 6 nitrogen and oxygen atoms in total. The maximum absolute atomic E-state index is 16.5. The van der Waals surface area contributed by atoms with Crippen LogP contribution < -0.4 is 10.6 Å². The molecule has 1 aliphatic heterocycles. The van der Waals surface area contributed by atoms with Crippen molar-refractivity contribution in [1.82, 2.24) is 15.0 Å². The van der Waals surface area contributed by atoms with Crippen LogP contribution in [0, 0.1) is 35.1 Å². The fraction of sp³-hybridized carbons (Fsp3) is 0.441. The molecule has 2 aromatic heterocycles. The van der Waals surface area contributed by atoms with E-state index in [0.29, 0.717) is 39.7 Å². The minimum absolute atomic E-state index is 0.0588. The molecule has 3 heterocycles. The third-order valence-corrected chi connectivity index (χ3v) is 16.0. The van der Waals surface area contributed by atoms with Gasteiger partial charge in [0.1, 0.15) is 37.1 Å². The van der Waals surface area contributed by atoms with Gasteiger partial charge in [0.15, 0.2) is 5.82 Å². The van der Waals surface area contributed by atoms with E-state index < -0.39 is 38.0 Å². The molecule has 45 heavy (non-hydrogen) atoms. The molecule has 236 valence electrons. The summed E-state index contributed by atoms with van der Waals surface area (Å²) in [6, 6.07) is 5.57. The summed E-state index contributed by atoms with van der Waals surface area (Å²) in [5, 5.41) is 1.07. The van der Waals surface area contributed by atoms with Crippen LogP contribution in [0.5, 0.6) is 0 Å². The van der Waals surface area contributed by atoms with Crippen molar-refractivity contribution in [2.75, 3.05) is 30.4 Å². The first kappa shape index (κ1) is 31.2. The van der Waals surface area contributed by atoms with Gasteiger partial charge >= 0.3 is 6.08 Å². The van der Waals surface area contributed by atoms with Gasteiger partial charge in [0.2, 0.25) is 0 Å². The number of anilines is 2. The number of aromatic nitrogens is 3. The minimum atomic E-state index is -2.26. The molecule has 1 saturated carbocycles. The smallest absolute Gasteiger partial charge is 0.311 e. The van der Waals surface area contributed by atoms with Crippen LogP contribution in [0.15, 0.2) is 30.5 Å². The van der Waals surface area contributed by atoms with E-state index in [-0.39, 0.29) is 52.6 Å². The second kappa shape index (κ2) is 11.6. The van der Waals surface area contributed by atoms with Crippen LogP contribution in [0.3, 0.4) is 0 Å². The molecule has 0 unspecified atom stereocenters. The molecule has 0 amide bonds. The number of nitrogen functional groups attached to an aromatic ring is 1. The average Bonchev–Trinajstić information content (AvgIpc) is 3.67. The molecule has 2 N–H and O–H groups in total. The predicted molar refractivity (Wildman–Crippen MR) is 173 cm³/mol. The second-order valence-corrected chi connectivity index (χ2v) is 18.7. The van der Waals surface area contributed by atoms with E-state index in [1.54, 1.807) is 17.0 Å². The van der Waals surface area contributed by atoms with Crippen LogP contribution in [0.1, 0.15) is 47.1 Å². The number of benzene rings is 2. The molecule has 0 spiro atoms. The standard InChI is InChI=1S/C34H37F4N5OSi/c1-17(2)45(18(3)4,19(5)6)12-9-22-26(35)8-7-20-13-21(39)14-23(27(20)22)30-29(37)31-24(15-40-30)33(42-34(38)41-31)43-10-11-44-16-25-28(36)32(25)43/h7-8,13-15,17-19,25,28,32H,10-11,16,39H2,1-6H3/t25-,28-,32-/m0/s1. The second-order valence-electron chi connectivity index (χ2n) is 13.1. The summed E-state index contributed by atoms with van der Waals surface area (Å²) in [5.41, 5.74) is 10.9. The molecule has 0 bridgehead atoms. The van der Waals surface area contributed by atoms with Gasteiger partial charge in [-0.2, -0.15) is 14.4 Å². The Labute approximate surface area is 261 Å². The number of halogens is 4. The van der Waals surface area contributed by atoms with E-state index in [1.807, 2.05) is 0 Å². The molecule has 3 atom stereocenters. The van der Waals surface area contributed by atoms with Crippen molar-refractivity contribution in [3.63, 3.8) is 0 Å². The van der Waals surface area contributed by atoms with Crippen LogP contribution >= 0.6 is 0 Å². The summed E-state index contributed by atoms with van der Waals surface area (Å²) in [6.07, 6.45) is -0.960. The van der Waals surface area contributed by atoms with Crippen molar-refractivity contribution in [1.29, 1.82) is 0 Å². The van der Waals surface area contributed by atoms with Crippen LogP contribution in [0.4, 0.5) is 29.1 Å². The monoisotopic (exact) mass is 635 g/mol.